The third-order valence-corrected chi connectivity index (χ3v) is 2.64. The number of rotatable bonds is 2. The van der Waals surface area contributed by atoms with Gasteiger partial charge < -0.3 is 11.5 Å². The van der Waals surface area contributed by atoms with Crippen LogP contribution >= 0.6 is 0 Å². The third-order valence-electron chi connectivity index (χ3n) is 2.64. The quantitative estimate of drug-likeness (QED) is 0.622. The highest BCUT2D eigenvalue weighted by molar-refractivity contribution is 5.42. The molecular formula is C16H16N2. The number of benzene rings is 2. The minimum atomic E-state index is 0.736. The molecule has 0 unspecified atom stereocenters. The van der Waals surface area contributed by atoms with Crippen molar-refractivity contribution in [2.45, 2.75) is 12.8 Å². The highest BCUT2D eigenvalue weighted by atomic mass is 14.5. The van der Waals surface area contributed by atoms with E-state index in [1.165, 1.54) is 5.56 Å². The molecule has 0 aliphatic heterocycles. The molecule has 0 fully saturated rings. The summed E-state index contributed by atoms with van der Waals surface area (Å²) in [7, 11) is 0. The molecule has 0 aliphatic carbocycles. The van der Waals surface area contributed by atoms with Crippen molar-refractivity contribution in [1.29, 1.82) is 0 Å². The Balaban J connectivity index is 1.91. The molecule has 0 aliphatic rings. The summed E-state index contributed by atoms with van der Waals surface area (Å²) in [4.78, 5) is 0. The predicted octanol–water partition coefficient (Wildman–Crippen LogP) is 2.64. The molecule has 0 saturated carbocycles. The molecule has 0 bridgehead atoms. The standard InChI is InChI=1S/C16H16N2/c17-15-10-8-13(9-11-15)4-1-2-5-14-6-3-7-16(18)12-14/h3,6-12H,4-5,17-18H2. The van der Waals surface area contributed by atoms with E-state index in [0.717, 1.165) is 29.8 Å². The van der Waals surface area contributed by atoms with Crippen LogP contribution in [0.3, 0.4) is 0 Å². The van der Waals surface area contributed by atoms with Crippen molar-refractivity contribution in [2.24, 2.45) is 0 Å². The second-order valence-corrected chi connectivity index (χ2v) is 4.19. The van der Waals surface area contributed by atoms with Gasteiger partial charge in [0.15, 0.2) is 0 Å². The number of nitrogen functional groups attached to an aromatic ring is 2. The van der Waals surface area contributed by atoms with E-state index >= 15 is 0 Å². The topological polar surface area (TPSA) is 52.0 Å². The molecule has 2 heteroatoms. The summed E-state index contributed by atoms with van der Waals surface area (Å²) in [6.07, 6.45) is 1.49. The maximum absolute atomic E-state index is 5.71. The van der Waals surface area contributed by atoms with Crippen molar-refractivity contribution in [2.75, 3.05) is 11.5 Å². The van der Waals surface area contributed by atoms with Crippen LogP contribution in [0.1, 0.15) is 11.1 Å². The monoisotopic (exact) mass is 236 g/mol. The summed E-state index contributed by atoms with van der Waals surface area (Å²) in [5, 5.41) is 0. The molecule has 2 aromatic rings. The number of anilines is 2. The summed E-state index contributed by atoms with van der Waals surface area (Å²) in [5.74, 6) is 6.31. The molecule has 0 atom stereocenters. The molecule has 0 radical (unpaired) electrons. The first-order chi connectivity index (χ1) is 8.74. The molecule has 0 amide bonds. The Kier molecular flexibility index (Phi) is 3.88. The van der Waals surface area contributed by atoms with Crippen molar-refractivity contribution in [1.82, 2.24) is 0 Å². The number of hydrogen-bond acceptors (Lipinski definition) is 2. The Morgan fingerprint density at radius 3 is 2.06 bits per heavy atom. The van der Waals surface area contributed by atoms with Gasteiger partial charge >= 0.3 is 0 Å². The molecule has 2 rings (SSSR count). The van der Waals surface area contributed by atoms with Crippen molar-refractivity contribution < 1.29 is 0 Å². The highest BCUT2D eigenvalue weighted by Crippen LogP contribution is 2.07. The van der Waals surface area contributed by atoms with Gasteiger partial charge in [-0.15, -0.1) is 0 Å². The Morgan fingerprint density at radius 1 is 0.722 bits per heavy atom. The van der Waals surface area contributed by atoms with E-state index in [4.69, 9.17) is 11.5 Å². The molecule has 18 heavy (non-hydrogen) atoms. The summed E-state index contributed by atoms with van der Waals surface area (Å²) in [6, 6.07) is 15.6. The van der Waals surface area contributed by atoms with Crippen molar-refractivity contribution in [3.8, 4) is 11.8 Å². The molecular weight excluding hydrogens is 220 g/mol. The second-order valence-electron chi connectivity index (χ2n) is 4.19. The van der Waals surface area contributed by atoms with Crippen LogP contribution in [0, 0.1) is 11.8 Å². The van der Waals surface area contributed by atoms with Crippen LogP contribution in [0.15, 0.2) is 48.5 Å². The fraction of sp³-hybridized carbons (Fsp3) is 0.125. The Hall–Kier alpha value is -2.40. The van der Waals surface area contributed by atoms with E-state index in [0.29, 0.717) is 0 Å². The Bertz CT molecular complexity index is 574. The van der Waals surface area contributed by atoms with Gasteiger partial charge in [0.2, 0.25) is 0 Å². The van der Waals surface area contributed by atoms with Gasteiger partial charge in [-0.3, -0.25) is 0 Å². The molecule has 2 nitrogen and oxygen atoms in total. The highest BCUT2D eigenvalue weighted by Gasteiger charge is 1.91. The normalized spacial score (nSPS) is 9.56. The van der Waals surface area contributed by atoms with Gasteiger partial charge in [0.1, 0.15) is 0 Å². The lowest BCUT2D eigenvalue weighted by Gasteiger charge is -1.97. The van der Waals surface area contributed by atoms with E-state index in [-0.39, 0.29) is 0 Å². The lowest BCUT2D eigenvalue weighted by atomic mass is 10.1. The van der Waals surface area contributed by atoms with Gasteiger partial charge in [-0.25, -0.2) is 0 Å². The van der Waals surface area contributed by atoms with Gasteiger partial charge in [-0.1, -0.05) is 36.1 Å². The van der Waals surface area contributed by atoms with E-state index in [9.17, 15) is 0 Å². The van der Waals surface area contributed by atoms with Gasteiger partial charge in [0, 0.05) is 24.2 Å². The van der Waals surface area contributed by atoms with Crippen LogP contribution in [0.25, 0.3) is 0 Å². The molecule has 0 saturated heterocycles. The number of hydrogen-bond donors (Lipinski definition) is 2. The summed E-state index contributed by atoms with van der Waals surface area (Å²) >= 11 is 0. The van der Waals surface area contributed by atoms with E-state index in [1.807, 2.05) is 48.5 Å². The van der Waals surface area contributed by atoms with Crippen LogP contribution < -0.4 is 11.5 Å². The van der Waals surface area contributed by atoms with Crippen LogP contribution in [0.2, 0.25) is 0 Å². The van der Waals surface area contributed by atoms with Crippen LogP contribution in [0.4, 0.5) is 11.4 Å². The summed E-state index contributed by atoms with van der Waals surface area (Å²) in [5.41, 5.74) is 15.2. The van der Waals surface area contributed by atoms with Gasteiger partial charge in [0.25, 0.3) is 0 Å². The van der Waals surface area contributed by atoms with Gasteiger partial charge in [-0.2, -0.15) is 0 Å². The SMILES string of the molecule is Nc1ccc(CC#CCc2cccc(N)c2)cc1. The van der Waals surface area contributed by atoms with Crippen molar-refractivity contribution in [3.05, 3.63) is 59.7 Å². The first-order valence-corrected chi connectivity index (χ1v) is 5.88. The van der Waals surface area contributed by atoms with Crippen molar-refractivity contribution >= 4 is 11.4 Å². The first-order valence-electron chi connectivity index (χ1n) is 5.88. The average molecular weight is 236 g/mol. The van der Waals surface area contributed by atoms with Crippen LogP contribution in [-0.4, -0.2) is 0 Å². The number of nitrogens with two attached hydrogens (primary N) is 2. The summed E-state index contributed by atoms with van der Waals surface area (Å²) in [6.45, 7) is 0. The lowest BCUT2D eigenvalue weighted by Crippen LogP contribution is -1.88. The molecule has 4 N–H and O–H groups in total. The van der Waals surface area contributed by atoms with E-state index in [2.05, 4.69) is 11.8 Å². The first kappa shape index (κ1) is 12.1. The summed E-state index contributed by atoms with van der Waals surface area (Å²) < 4.78 is 0. The minimum absolute atomic E-state index is 0.736. The molecule has 90 valence electrons. The van der Waals surface area contributed by atoms with Gasteiger partial charge in [0.05, 0.1) is 0 Å². The molecule has 2 aromatic carbocycles. The fourth-order valence-electron chi connectivity index (χ4n) is 1.67. The fourth-order valence-corrected chi connectivity index (χ4v) is 1.67. The predicted molar refractivity (Wildman–Crippen MR) is 76.9 cm³/mol. The van der Waals surface area contributed by atoms with E-state index < -0.39 is 0 Å². The van der Waals surface area contributed by atoms with Crippen LogP contribution in [0.5, 0.6) is 0 Å². The van der Waals surface area contributed by atoms with E-state index in [1.54, 1.807) is 0 Å². The molecule has 0 spiro atoms. The second kappa shape index (κ2) is 5.79. The third kappa shape index (κ3) is 3.57. The maximum Gasteiger partial charge on any atom is 0.0341 e. The zero-order valence-electron chi connectivity index (χ0n) is 10.2. The van der Waals surface area contributed by atoms with Crippen molar-refractivity contribution in [3.63, 3.8) is 0 Å². The smallest absolute Gasteiger partial charge is 0.0341 e. The Labute approximate surface area is 108 Å². The zero-order chi connectivity index (χ0) is 12.8. The zero-order valence-corrected chi connectivity index (χ0v) is 10.2. The Morgan fingerprint density at radius 2 is 1.39 bits per heavy atom. The molecule has 0 aromatic heterocycles. The average Bonchev–Trinajstić information content (AvgIpc) is 2.37. The minimum Gasteiger partial charge on any atom is -0.399 e. The molecule has 0 heterocycles. The lowest BCUT2D eigenvalue weighted by molar-refractivity contribution is 1.28. The van der Waals surface area contributed by atoms with Gasteiger partial charge in [-0.05, 0) is 35.4 Å². The largest absolute Gasteiger partial charge is 0.399 e. The maximum atomic E-state index is 5.71. The van der Waals surface area contributed by atoms with Crippen LogP contribution in [-0.2, 0) is 12.8 Å².